The first-order chi connectivity index (χ1) is 9.10. The lowest BCUT2D eigenvalue weighted by molar-refractivity contribution is -0.127. The van der Waals surface area contributed by atoms with E-state index in [1.165, 1.54) is 0 Å². The molecule has 0 aromatic heterocycles. The van der Waals surface area contributed by atoms with Gasteiger partial charge in [0.25, 0.3) is 0 Å². The highest BCUT2D eigenvalue weighted by molar-refractivity contribution is 5.89. The molecule has 116 valence electrons. The van der Waals surface area contributed by atoms with Crippen LogP contribution in [-0.4, -0.2) is 42.3 Å². The van der Waals surface area contributed by atoms with Gasteiger partial charge in [0.05, 0.1) is 0 Å². The zero-order valence-corrected chi connectivity index (χ0v) is 13.1. The van der Waals surface area contributed by atoms with E-state index in [-0.39, 0.29) is 11.9 Å². The SMILES string of the molecule is CC(C)(C)OC(=O)NC(C)(C)C(=O)NC1CCCNC1. The summed E-state index contributed by atoms with van der Waals surface area (Å²) >= 11 is 0. The van der Waals surface area contributed by atoms with Gasteiger partial charge in [-0.3, -0.25) is 4.79 Å². The number of carbonyl (C=O) groups excluding carboxylic acids is 2. The van der Waals surface area contributed by atoms with Crippen LogP contribution >= 0.6 is 0 Å². The second-order valence-electron chi connectivity index (χ2n) is 6.77. The van der Waals surface area contributed by atoms with Gasteiger partial charge < -0.3 is 20.7 Å². The van der Waals surface area contributed by atoms with Gasteiger partial charge in [-0.15, -0.1) is 0 Å². The minimum atomic E-state index is -1.00. The third kappa shape index (κ3) is 5.77. The highest BCUT2D eigenvalue weighted by Crippen LogP contribution is 2.10. The Morgan fingerprint density at radius 1 is 1.20 bits per heavy atom. The van der Waals surface area contributed by atoms with Crippen molar-refractivity contribution in [3.8, 4) is 0 Å². The topological polar surface area (TPSA) is 79.5 Å². The Kier molecular flexibility index (Phi) is 5.39. The van der Waals surface area contributed by atoms with Crippen LogP contribution < -0.4 is 16.0 Å². The molecule has 3 N–H and O–H groups in total. The molecule has 1 unspecified atom stereocenters. The van der Waals surface area contributed by atoms with Crippen molar-refractivity contribution in [2.45, 2.75) is 64.6 Å². The zero-order valence-electron chi connectivity index (χ0n) is 13.1. The number of piperidine rings is 1. The van der Waals surface area contributed by atoms with Crippen molar-refractivity contribution < 1.29 is 14.3 Å². The molecule has 1 fully saturated rings. The van der Waals surface area contributed by atoms with E-state index in [1.54, 1.807) is 34.6 Å². The van der Waals surface area contributed by atoms with Gasteiger partial charge in [0, 0.05) is 12.6 Å². The van der Waals surface area contributed by atoms with Crippen LogP contribution in [0, 0.1) is 0 Å². The zero-order chi connectivity index (χ0) is 15.4. The predicted molar refractivity (Wildman–Crippen MR) is 77.5 cm³/mol. The molecule has 1 aliphatic heterocycles. The van der Waals surface area contributed by atoms with Crippen molar-refractivity contribution >= 4 is 12.0 Å². The summed E-state index contributed by atoms with van der Waals surface area (Å²) in [6.07, 6.45) is 1.42. The Morgan fingerprint density at radius 3 is 2.35 bits per heavy atom. The molecule has 0 bridgehead atoms. The van der Waals surface area contributed by atoms with Gasteiger partial charge in [-0.2, -0.15) is 0 Å². The van der Waals surface area contributed by atoms with Gasteiger partial charge in [0.1, 0.15) is 11.1 Å². The molecular formula is C14H27N3O3. The molecule has 0 aromatic carbocycles. The molecule has 0 radical (unpaired) electrons. The maximum atomic E-state index is 12.2. The largest absolute Gasteiger partial charge is 0.444 e. The summed E-state index contributed by atoms with van der Waals surface area (Å²) in [7, 11) is 0. The van der Waals surface area contributed by atoms with Crippen LogP contribution in [0.15, 0.2) is 0 Å². The van der Waals surface area contributed by atoms with Crippen LogP contribution in [0.2, 0.25) is 0 Å². The number of carbonyl (C=O) groups is 2. The number of hydrogen-bond acceptors (Lipinski definition) is 4. The molecule has 0 aromatic rings. The lowest BCUT2D eigenvalue weighted by Gasteiger charge is -2.31. The summed E-state index contributed by atoms with van der Waals surface area (Å²) in [4.78, 5) is 24.0. The number of alkyl carbamates (subject to hydrolysis) is 1. The maximum absolute atomic E-state index is 12.2. The van der Waals surface area contributed by atoms with Gasteiger partial charge in [0.2, 0.25) is 5.91 Å². The normalized spacial score (nSPS) is 20.1. The van der Waals surface area contributed by atoms with Crippen LogP contribution in [-0.2, 0) is 9.53 Å². The van der Waals surface area contributed by atoms with Crippen LogP contribution in [0.25, 0.3) is 0 Å². The Bertz CT molecular complexity index is 355. The van der Waals surface area contributed by atoms with Crippen LogP contribution in [0.5, 0.6) is 0 Å². The lowest BCUT2D eigenvalue weighted by Crippen LogP contribution is -2.59. The van der Waals surface area contributed by atoms with Gasteiger partial charge in [0.15, 0.2) is 0 Å². The Morgan fingerprint density at radius 2 is 1.85 bits per heavy atom. The summed E-state index contributed by atoms with van der Waals surface area (Å²) in [5, 5.41) is 8.80. The second-order valence-corrected chi connectivity index (χ2v) is 6.77. The highest BCUT2D eigenvalue weighted by atomic mass is 16.6. The first kappa shape index (κ1) is 16.8. The Balaban J connectivity index is 2.49. The fraction of sp³-hybridized carbons (Fsp3) is 0.857. The van der Waals surface area contributed by atoms with Crippen molar-refractivity contribution in [2.24, 2.45) is 0 Å². The molecule has 1 atom stereocenters. The average Bonchev–Trinajstić information content (AvgIpc) is 2.26. The number of nitrogens with one attached hydrogen (secondary N) is 3. The summed E-state index contributed by atoms with van der Waals surface area (Å²) in [6.45, 7) is 10.5. The summed E-state index contributed by atoms with van der Waals surface area (Å²) in [5.41, 5.74) is -1.58. The first-order valence-corrected chi connectivity index (χ1v) is 7.13. The molecule has 20 heavy (non-hydrogen) atoms. The third-order valence-corrected chi connectivity index (χ3v) is 3.01. The average molecular weight is 285 g/mol. The van der Waals surface area contributed by atoms with E-state index in [0.29, 0.717) is 0 Å². The molecule has 1 heterocycles. The van der Waals surface area contributed by atoms with E-state index < -0.39 is 17.2 Å². The quantitative estimate of drug-likeness (QED) is 0.727. The van der Waals surface area contributed by atoms with Crippen LogP contribution in [0.1, 0.15) is 47.5 Å². The van der Waals surface area contributed by atoms with Crippen LogP contribution in [0.4, 0.5) is 4.79 Å². The van der Waals surface area contributed by atoms with E-state index in [0.717, 1.165) is 25.9 Å². The Labute approximate surface area is 121 Å². The van der Waals surface area contributed by atoms with Crippen molar-refractivity contribution in [1.29, 1.82) is 0 Å². The second kappa shape index (κ2) is 6.43. The van der Waals surface area contributed by atoms with E-state index in [4.69, 9.17) is 4.74 Å². The van der Waals surface area contributed by atoms with Crippen molar-refractivity contribution in [1.82, 2.24) is 16.0 Å². The monoisotopic (exact) mass is 285 g/mol. The predicted octanol–water partition coefficient (Wildman–Crippen LogP) is 1.16. The summed E-state index contributed by atoms with van der Waals surface area (Å²) in [5.74, 6) is -0.197. The smallest absolute Gasteiger partial charge is 0.408 e. The molecule has 0 saturated carbocycles. The van der Waals surface area contributed by atoms with Gasteiger partial charge in [-0.25, -0.2) is 4.79 Å². The van der Waals surface area contributed by atoms with Gasteiger partial charge in [-0.05, 0) is 54.0 Å². The molecule has 1 rings (SSSR count). The first-order valence-electron chi connectivity index (χ1n) is 7.13. The molecular weight excluding hydrogens is 258 g/mol. The van der Waals surface area contributed by atoms with Crippen molar-refractivity contribution in [2.75, 3.05) is 13.1 Å². The third-order valence-electron chi connectivity index (χ3n) is 3.01. The maximum Gasteiger partial charge on any atom is 0.408 e. The van der Waals surface area contributed by atoms with Gasteiger partial charge in [-0.1, -0.05) is 0 Å². The highest BCUT2D eigenvalue weighted by Gasteiger charge is 2.32. The van der Waals surface area contributed by atoms with Crippen molar-refractivity contribution in [3.63, 3.8) is 0 Å². The summed E-state index contributed by atoms with van der Waals surface area (Å²) < 4.78 is 5.17. The Hall–Kier alpha value is -1.30. The van der Waals surface area contributed by atoms with Crippen molar-refractivity contribution in [3.05, 3.63) is 0 Å². The molecule has 6 nitrogen and oxygen atoms in total. The number of rotatable bonds is 3. The van der Waals surface area contributed by atoms with E-state index in [1.807, 2.05) is 0 Å². The number of amides is 2. The molecule has 6 heteroatoms. The van der Waals surface area contributed by atoms with E-state index in [2.05, 4.69) is 16.0 Å². The molecule has 0 aliphatic carbocycles. The standard InChI is InChI=1S/C14H27N3O3/c1-13(2,3)20-12(19)17-14(4,5)11(18)16-10-7-6-8-15-9-10/h10,15H,6-9H2,1-5H3,(H,16,18)(H,17,19). The molecule has 1 aliphatic rings. The fourth-order valence-corrected chi connectivity index (χ4v) is 1.96. The minimum absolute atomic E-state index is 0.121. The number of hydrogen-bond donors (Lipinski definition) is 3. The molecule has 1 saturated heterocycles. The van der Waals surface area contributed by atoms with E-state index in [9.17, 15) is 9.59 Å². The van der Waals surface area contributed by atoms with Gasteiger partial charge >= 0.3 is 6.09 Å². The molecule has 2 amide bonds. The molecule has 0 spiro atoms. The van der Waals surface area contributed by atoms with E-state index >= 15 is 0 Å². The fourth-order valence-electron chi connectivity index (χ4n) is 1.96. The minimum Gasteiger partial charge on any atom is -0.444 e. The summed E-state index contributed by atoms with van der Waals surface area (Å²) in [6, 6.07) is 0.121. The van der Waals surface area contributed by atoms with Crippen LogP contribution in [0.3, 0.4) is 0 Å². The lowest BCUT2D eigenvalue weighted by atomic mass is 10.0. The number of ether oxygens (including phenoxy) is 1.